The molecule has 0 spiro atoms. The first-order valence-electron chi connectivity index (χ1n) is 14.4. The molecule has 218 valence electrons. The lowest BCUT2D eigenvalue weighted by Gasteiger charge is -2.29. The van der Waals surface area contributed by atoms with Crippen molar-refractivity contribution in [2.75, 3.05) is 6.61 Å². The van der Waals surface area contributed by atoms with Gasteiger partial charge >= 0.3 is 5.97 Å². The lowest BCUT2D eigenvalue weighted by Crippen LogP contribution is -2.32. The molecule has 1 aromatic heterocycles. The van der Waals surface area contributed by atoms with Crippen molar-refractivity contribution in [3.8, 4) is 0 Å². The molecule has 0 saturated heterocycles. The highest BCUT2D eigenvalue weighted by molar-refractivity contribution is 8.03. The number of nitrogens with zero attached hydrogens (tertiary/aromatic N) is 4. The number of ether oxygens (including phenoxy) is 1. The zero-order chi connectivity index (χ0) is 30.5. The van der Waals surface area contributed by atoms with Crippen molar-refractivity contribution in [3.63, 3.8) is 0 Å². The van der Waals surface area contributed by atoms with E-state index in [0.717, 1.165) is 10.9 Å². The minimum absolute atomic E-state index is 0.321. The van der Waals surface area contributed by atoms with Crippen LogP contribution in [0.25, 0.3) is 5.31 Å². The fourth-order valence-electron chi connectivity index (χ4n) is 5.11. The van der Waals surface area contributed by atoms with Gasteiger partial charge in [-0.15, -0.1) is 0 Å². The highest BCUT2D eigenvalue weighted by Gasteiger charge is 2.50. The van der Waals surface area contributed by atoms with Crippen LogP contribution in [0.1, 0.15) is 23.9 Å². The van der Waals surface area contributed by atoms with Crippen molar-refractivity contribution in [1.29, 1.82) is 0 Å². The normalized spacial score (nSPS) is 11.2. The Kier molecular flexibility index (Phi) is 10.5. The summed E-state index contributed by atoms with van der Waals surface area (Å²) in [6.45, 7) is 2.17. The van der Waals surface area contributed by atoms with Gasteiger partial charge in [0.1, 0.15) is 28.5 Å². The van der Waals surface area contributed by atoms with Gasteiger partial charge in [0.05, 0.1) is 12.7 Å². The van der Waals surface area contributed by atoms with Crippen LogP contribution in [0.5, 0.6) is 0 Å². The summed E-state index contributed by atoms with van der Waals surface area (Å²) in [6.07, 6.45) is 2.41. The molecular formula is C37H33N4O2P. The van der Waals surface area contributed by atoms with E-state index < -0.39 is 7.26 Å². The molecule has 5 aromatic carbocycles. The Morgan fingerprint density at radius 3 is 1.57 bits per heavy atom. The van der Waals surface area contributed by atoms with Gasteiger partial charge in [-0.2, -0.15) is 5.21 Å². The zero-order valence-corrected chi connectivity index (χ0v) is 25.4. The molecule has 6 aromatic rings. The molecule has 1 heterocycles. The predicted molar refractivity (Wildman–Crippen MR) is 179 cm³/mol. The summed E-state index contributed by atoms with van der Waals surface area (Å²) in [7, 11) is -2.40. The van der Waals surface area contributed by atoms with E-state index in [4.69, 9.17) is 4.74 Å². The number of benzene rings is 5. The minimum atomic E-state index is -2.40. The number of rotatable bonds is 9. The van der Waals surface area contributed by atoms with Gasteiger partial charge in [0.2, 0.25) is 0 Å². The van der Waals surface area contributed by atoms with Crippen LogP contribution in [0.3, 0.4) is 0 Å². The fraction of sp³-hybridized carbons (Fsp3) is 0.0811. The van der Waals surface area contributed by atoms with E-state index in [-0.39, 0.29) is 5.97 Å². The summed E-state index contributed by atoms with van der Waals surface area (Å²) < 4.78 is 5.40. The van der Waals surface area contributed by atoms with Crippen LogP contribution in [0, 0.1) is 0 Å². The highest BCUT2D eigenvalue weighted by atomic mass is 31.2. The van der Waals surface area contributed by atoms with Crippen molar-refractivity contribution >= 4 is 34.5 Å². The number of hydrogen-bond acceptors (Lipinski definition) is 5. The van der Waals surface area contributed by atoms with Crippen molar-refractivity contribution in [2.24, 2.45) is 0 Å². The number of hydrogen-bond donors (Lipinski definition) is 0. The first kappa shape index (κ1) is 30.3. The predicted octanol–water partition coefficient (Wildman–Crippen LogP) is 6.00. The summed E-state index contributed by atoms with van der Waals surface area (Å²) in [6, 6.07) is 51.8. The minimum Gasteiger partial charge on any atom is -0.463 e. The second kappa shape index (κ2) is 15.3. The van der Waals surface area contributed by atoms with Crippen LogP contribution < -0.4 is 21.0 Å². The molecule has 0 aliphatic carbocycles. The molecule has 0 bridgehead atoms. The third kappa shape index (κ3) is 7.23. The zero-order valence-electron chi connectivity index (χ0n) is 24.5. The van der Waals surface area contributed by atoms with Gasteiger partial charge in [0.25, 0.3) is 0 Å². The molecule has 6 rings (SSSR count). The number of carbonyl (C=O) groups is 1. The Hall–Kier alpha value is -5.19. The Balaban J connectivity index is 0.000000266. The quantitative estimate of drug-likeness (QED) is 0.116. The van der Waals surface area contributed by atoms with Crippen LogP contribution in [0.2, 0.25) is 0 Å². The van der Waals surface area contributed by atoms with Crippen LogP contribution in [0.4, 0.5) is 0 Å². The van der Waals surface area contributed by atoms with Crippen molar-refractivity contribution in [3.05, 3.63) is 175 Å². The maximum absolute atomic E-state index is 12.9. The second-order valence-corrected chi connectivity index (χ2v) is 13.2. The van der Waals surface area contributed by atoms with Crippen LogP contribution in [-0.4, -0.2) is 28.1 Å². The molecule has 0 N–H and O–H groups in total. The van der Waals surface area contributed by atoms with Gasteiger partial charge in [-0.05, 0) is 48.9 Å². The molecule has 0 saturated carbocycles. The summed E-state index contributed by atoms with van der Waals surface area (Å²) in [4.78, 5) is 12.9. The number of tetrazole rings is 1. The van der Waals surface area contributed by atoms with Crippen LogP contribution >= 0.6 is 7.26 Å². The topological polar surface area (TPSA) is 79.1 Å². The third-order valence-corrected chi connectivity index (χ3v) is 11.3. The first-order chi connectivity index (χ1) is 21.7. The van der Waals surface area contributed by atoms with Gasteiger partial charge in [0, 0.05) is 17.8 Å². The molecule has 0 fully saturated rings. The Bertz CT molecular complexity index is 1630. The summed E-state index contributed by atoms with van der Waals surface area (Å²) in [5.41, 5.74) is 2.19. The Morgan fingerprint density at radius 1 is 0.682 bits per heavy atom. The van der Waals surface area contributed by atoms with Crippen LogP contribution in [0.15, 0.2) is 158 Å². The van der Waals surface area contributed by atoms with Gasteiger partial charge in [-0.25, -0.2) is 4.79 Å². The highest BCUT2D eigenvalue weighted by Crippen LogP contribution is 2.66. The lowest BCUT2D eigenvalue weighted by molar-refractivity contribution is -0.137. The molecule has 44 heavy (non-hydrogen) atoms. The molecule has 0 aliphatic heterocycles. The first-order valence-corrected chi connectivity index (χ1v) is 16.2. The van der Waals surface area contributed by atoms with E-state index in [1.807, 2.05) is 73.7 Å². The van der Waals surface area contributed by atoms with Gasteiger partial charge < -0.3 is 9.84 Å². The fourth-order valence-corrected chi connectivity index (χ4v) is 9.53. The molecule has 0 aliphatic rings. The standard InChI is InChI=1S/C29H26O2P.C8H7N4/c1-2-31-29(30)23-28(24-15-7-3-8-16-24)32(25-17-9-4-10-18-25,26-19-11-5-12-20-26)27-21-13-6-14-22-27;1-2-4-7(5-3-1)6-8-9-11-12-10-8/h3-23H,2H2,1H3;1-5H,6H2/q+1;-1/b28-23-;. The Morgan fingerprint density at radius 2 is 1.14 bits per heavy atom. The maximum Gasteiger partial charge on any atom is 0.334 e. The average Bonchev–Trinajstić information content (AvgIpc) is 3.60. The van der Waals surface area contributed by atoms with Crippen molar-refractivity contribution in [1.82, 2.24) is 20.6 Å². The maximum atomic E-state index is 12.9. The molecule has 0 radical (unpaired) electrons. The summed E-state index contributed by atoms with van der Waals surface area (Å²) in [5.74, 6) is 0.347. The molecule has 0 amide bonds. The largest absolute Gasteiger partial charge is 0.463 e. The van der Waals surface area contributed by atoms with E-state index in [0.29, 0.717) is 18.9 Å². The summed E-state index contributed by atoms with van der Waals surface area (Å²) >= 11 is 0. The van der Waals surface area contributed by atoms with E-state index in [1.54, 1.807) is 6.08 Å². The van der Waals surface area contributed by atoms with Gasteiger partial charge in [-0.3, -0.25) is 10.3 Å². The molecule has 6 nitrogen and oxygen atoms in total. The number of carbonyl (C=O) groups excluding carboxylic acids is 1. The second-order valence-electron chi connectivity index (χ2n) is 9.78. The molecule has 7 heteroatoms. The van der Waals surface area contributed by atoms with Gasteiger partial charge in [-0.1, -0.05) is 115 Å². The Labute approximate surface area is 258 Å². The summed E-state index contributed by atoms with van der Waals surface area (Å²) in [5, 5.41) is 18.9. The van der Waals surface area contributed by atoms with Crippen molar-refractivity contribution < 1.29 is 9.53 Å². The average molecular weight is 597 g/mol. The van der Waals surface area contributed by atoms with E-state index in [9.17, 15) is 4.79 Å². The third-order valence-electron chi connectivity index (χ3n) is 6.97. The number of aromatic nitrogens is 4. The smallest absolute Gasteiger partial charge is 0.334 e. The van der Waals surface area contributed by atoms with E-state index in [1.165, 1.54) is 21.5 Å². The molecular weight excluding hydrogens is 563 g/mol. The lowest BCUT2D eigenvalue weighted by atomic mass is 10.1. The van der Waals surface area contributed by atoms with E-state index in [2.05, 4.69) is 106 Å². The van der Waals surface area contributed by atoms with Crippen molar-refractivity contribution in [2.45, 2.75) is 13.3 Å². The van der Waals surface area contributed by atoms with Gasteiger partial charge in [0.15, 0.2) is 0 Å². The monoisotopic (exact) mass is 596 g/mol. The number of esters is 1. The van der Waals surface area contributed by atoms with Crippen LogP contribution in [-0.2, 0) is 16.0 Å². The van der Waals surface area contributed by atoms with E-state index >= 15 is 0 Å². The molecule has 0 unspecified atom stereocenters. The molecule has 0 atom stereocenters. The SMILES string of the molecule is CCOC(=O)/C=C(/c1ccccc1)[P+](c1ccccc1)(c1ccccc1)c1ccccc1.c1ccc(Cc2nnn[n-]2)cc1.